The molecule has 4 heteroatoms. The Balaban J connectivity index is 1.93. The normalized spacial score (nSPS) is 49.3. The number of rotatable bonds is 9. The topological polar surface area (TPSA) is 74.6 Å². The van der Waals surface area contributed by atoms with Crippen molar-refractivity contribution in [1.29, 1.82) is 0 Å². The zero-order valence-corrected chi connectivity index (χ0v) is 20.9. The predicted octanol–water partition coefficient (Wildman–Crippen LogP) is 4.64. The maximum Gasteiger partial charge on any atom is 0.164 e. The molecule has 0 heterocycles. The molecule has 0 saturated heterocycles. The number of carbonyl (C=O) groups is 2. The minimum atomic E-state index is -0.835. The molecule has 4 rings (SSSR count). The Labute approximate surface area is 204 Å². The van der Waals surface area contributed by atoms with E-state index in [4.69, 9.17) is 0 Å². The van der Waals surface area contributed by atoms with Crippen LogP contribution in [0, 0.1) is 70.0 Å². The molecule has 0 aromatic carbocycles. The van der Waals surface area contributed by atoms with Crippen LogP contribution in [0.1, 0.15) is 39.5 Å². The van der Waals surface area contributed by atoms with Gasteiger partial charge in [-0.1, -0.05) is 38.2 Å². The molecular weight excluding hydrogens is 424 g/mol. The number of aliphatic hydroxyl groups is 2. The van der Waals surface area contributed by atoms with E-state index in [-0.39, 0.29) is 64.8 Å². The summed E-state index contributed by atoms with van der Waals surface area (Å²) in [7, 11) is 0. The molecule has 12 atom stereocenters. The molecule has 2 N–H and O–H groups in total. The molecule has 0 bridgehead atoms. The zero-order chi connectivity index (χ0) is 25.0. The van der Waals surface area contributed by atoms with Crippen molar-refractivity contribution < 1.29 is 19.8 Å². The second kappa shape index (κ2) is 9.02. The minimum absolute atomic E-state index is 0.00656. The van der Waals surface area contributed by atoms with Crippen molar-refractivity contribution in [3.63, 3.8) is 0 Å². The van der Waals surface area contributed by atoms with E-state index < -0.39 is 24.0 Å². The SMILES string of the molecule is C=CC1CC(C=C)C2C1CC(C(=O)CO)(C1C3C(C=C)CC(C=C)C3CC1(C)C(=O)CO)C2C. The molecule has 0 aromatic heterocycles. The Hall–Kier alpha value is -1.78. The molecule has 4 nitrogen and oxygen atoms in total. The lowest BCUT2D eigenvalue weighted by atomic mass is 9.52. The van der Waals surface area contributed by atoms with Gasteiger partial charge >= 0.3 is 0 Å². The highest BCUT2D eigenvalue weighted by atomic mass is 16.3. The molecule has 34 heavy (non-hydrogen) atoms. The van der Waals surface area contributed by atoms with E-state index in [9.17, 15) is 19.8 Å². The first kappa shape index (κ1) is 25.3. The minimum Gasteiger partial charge on any atom is -0.389 e. The molecule has 0 spiro atoms. The largest absolute Gasteiger partial charge is 0.389 e. The first-order valence-corrected chi connectivity index (χ1v) is 13.0. The van der Waals surface area contributed by atoms with E-state index in [0.29, 0.717) is 18.8 Å². The second-order valence-electron chi connectivity index (χ2n) is 11.8. The van der Waals surface area contributed by atoms with Crippen LogP contribution < -0.4 is 0 Å². The molecule has 4 aliphatic carbocycles. The summed E-state index contributed by atoms with van der Waals surface area (Å²) in [6.07, 6.45) is 11.3. The first-order valence-electron chi connectivity index (χ1n) is 13.0. The summed E-state index contributed by atoms with van der Waals surface area (Å²) in [6, 6.07) is 0. The van der Waals surface area contributed by atoms with Crippen molar-refractivity contribution in [3.8, 4) is 0 Å². The van der Waals surface area contributed by atoms with Gasteiger partial charge in [-0.05, 0) is 84.9 Å². The average molecular weight is 467 g/mol. The quantitative estimate of drug-likeness (QED) is 0.486. The van der Waals surface area contributed by atoms with Gasteiger partial charge in [-0.15, -0.1) is 26.3 Å². The molecule has 4 fully saturated rings. The lowest BCUT2D eigenvalue weighted by Gasteiger charge is -2.49. The zero-order valence-electron chi connectivity index (χ0n) is 20.9. The Bertz CT molecular complexity index is 890. The van der Waals surface area contributed by atoms with E-state index >= 15 is 0 Å². The Morgan fingerprint density at radius 1 is 0.794 bits per heavy atom. The van der Waals surface area contributed by atoms with Crippen LogP contribution in [0.3, 0.4) is 0 Å². The van der Waals surface area contributed by atoms with Crippen molar-refractivity contribution in [2.45, 2.75) is 39.5 Å². The monoisotopic (exact) mass is 466 g/mol. The lowest BCUT2D eigenvalue weighted by molar-refractivity contribution is -0.151. The number of carbonyl (C=O) groups excluding carboxylic acids is 2. The highest BCUT2D eigenvalue weighted by Gasteiger charge is 2.72. The molecular formula is C30H42O4. The number of hydrogen-bond donors (Lipinski definition) is 2. The summed E-state index contributed by atoms with van der Waals surface area (Å²) >= 11 is 0. The molecule has 4 aliphatic rings. The third kappa shape index (κ3) is 3.17. The number of aliphatic hydroxyl groups excluding tert-OH is 2. The van der Waals surface area contributed by atoms with Crippen molar-refractivity contribution in [2.75, 3.05) is 13.2 Å². The van der Waals surface area contributed by atoms with Crippen molar-refractivity contribution in [2.24, 2.45) is 70.0 Å². The molecule has 0 amide bonds. The molecule has 186 valence electrons. The standard InChI is InChI=1S/C30H42O4/c1-7-18-12-21(10-4)27-22(18)13-29(6,24(33)15-31)28(27)30(25(34)16-32)14-23-19(8-2)11-20(9-3)26(23)17(30)5/h7-10,17-23,26-28,31-32H,1-4,11-16H2,5-6H3. The molecule has 4 saturated carbocycles. The fourth-order valence-electron chi connectivity index (χ4n) is 9.80. The second-order valence-corrected chi connectivity index (χ2v) is 11.8. The van der Waals surface area contributed by atoms with E-state index in [1.807, 2.05) is 31.2 Å². The van der Waals surface area contributed by atoms with Crippen molar-refractivity contribution in [3.05, 3.63) is 50.6 Å². The van der Waals surface area contributed by atoms with Gasteiger partial charge < -0.3 is 10.2 Å². The Morgan fingerprint density at radius 3 is 1.74 bits per heavy atom. The van der Waals surface area contributed by atoms with Gasteiger partial charge in [-0.3, -0.25) is 9.59 Å². The number of ketones is 2. The summed E-state index contributed by atoms with van der Waals surface area (Å²) in [5.74, 6) is 1.26. The van der Waals surface area contributed by atoms with Gasteiger partial charge in [-0.2, -0.15) is 0 Å². The third-order valence-corrected chi connectivity index (χ3v) is 11.1. The maximum atomic E-state index is 14.0. The molecule has 0 aliphatic heterocycles. The maximum absolute atomic E-state index is 14.0. The third-order valence-electron chi connectivity index (χ3n) is 11.1. The molecule has 12 unspecified atom stereocenters. The van der Waals surface area contributed by atoms with Crippen LogP contribution in [0.25, 0.3) is 0 Å². The first-order chi connectivity index (χ1) is 16.2. The van der Waals surface area contributed by atoms with Crippen LogP contribution in [0.4, 0.5) is 0 Å². The van der Waals surface area contributed by atoms with Gasteiger partial charge in [0.25, 0.3) is 0 Å². The van der Waals surface area contributed by atoms with E-state index in [1.165, 1.54) is 0 Å². The summed E-state index contributed by atoms with van der Waals surface area (Å²) in [6.45, 7) is 19.5. The number of allylic oxidation sites excluding steroid dienone is 4. The average Bonchev–Trinajstić information content (AvgIpc) is 3.55. The van der Waals surface area contributed by atoms with Crippen LogP contribution in [-0.2, 0) is 9.59 Å². The van der Waals surface area contributed by atoms with E-state index in [0.717, 1.165) is 12.8 Å². The van der Waals surface area contributed by atoms with Crippen LogP contribution in [0.2, 0.25) is 0 Å². The Kier molecular flexibility index (Phi) is 6.72. The van der Waals surface area contributed by atoms with Gasteiger partial charge in [0.2, 0.25) is 0 Å². The van der Waals surface area contributed by atoms with Crippen LogP contribution in [0.5, 0.6) is 0 Å². The van der Waals surface area contributed by atoms with Crippen molar-refractivity contribution >= 4 is 11.6 Å². The fraction of sp³-hybridized carbons (Fsp3) is 0.667. The van der Waals surface area contributed by atoms with Crippen molar-refractivity contribution in [1.82, 2.24) is 0 Å². The summed E-state index contributed by atoms with van der Waals surface area (Å²) in [4.78, 5) is 27.4. The highest BCUT2D eigenvalue weighted by molar-refractivity contribution is 5.91. The van der Waals surface area contributed by atoms with E-state index in [1.54, 1.807) is 0 Å². The predicted molar refractivity (Wildman–Crippen MR) is 135 cm³/mol. The molecule has 0 aromatic rings. The summed E-state index contributed by atoms with van der Waals surface area (Å²) in [5.41, 5.74) is -1.67. The van der Waals surface area contributed by atoms with Gasteiger partial charge in [0, 0.05) is 10.8 Å². The summed E-state index contributed by atoms with van der Waals surface area (Å²) < 4.78 is 0. The lowest BCUT2D eigenvalue weighted by Crippen LogP contribution is -2.53. The Morgan fingerprint density at radius 2 is 1.26 bits per heavy atom. The van der Waals surface area contributed by atoms with Gasteiger partial charge in [-0.25, -0.2) is 0 Å². The summed E-state index contributed by atoms with van der Waals surface area (Å²) in [5, 5.41) is 20.4. The van der Waals surface area contributed by atoms with Crippen LogP contribution >= 0.6 is 0 Å². The van der Waals surface area contributed by atoms with E-state index in [2.05, 4.69) is 33.2 Å². The van der Waals surface area contributed by atoms with Gasteiger partial charge in [0.1, 0.15) is 13.2 Å². The molecule has 0 radical (unpaired) electrons. The number of fused-ring (bicyclic) bond motifs is 2. The van der Waals surface area contributed by atoms with Crippen LogP contribution in [-0.4, -0.2) is 35.0 Å². The van der Waals surface area contributed by atoms with Crippen LogP contribution in [0.15, 0.2) is 50.6 Å². The van der Waals surface area contributed by atoms with Gasteiger partial charge in [0.15, 0.2) is 11.6 Å². The smallest absolute Gasteiger partial charge is 0.164 e. The number of hydrogen-bond acceptors (Lipinski definition) is 4. The highest BCUT2D eigenvalue weighted by Crippen LogP contribution is 2.73. The fourth-order valence-corrected chi connectivity index (χ4v) is 9.80. The number of Topliss-reactive ketones (excluding diaryl/α,β-unsaturated/α-hetero) is 2. The van der Waals surface area contributed by atoms with Gasteiger partial charge in [0.05, 0.1) is 0 Å².